The molecule has 0 aromatic heterocycles. The maximum absolute atomic E-state index is 13.4. The predicted molar refractivity (Wildman–Crippen MR) is 106 cm³/mol. The van der Waals surface area contributed by atoms with Crippen LogP contribution in [0, 0.1) is 11.6 Å². The third-order valence-corrected chi connectivity index (χ3v) is 5.58. The summed E-state index contributed by atoms with van der Waals surface area (Å²) in [6.45, 7) is 0. The fourth-order valence-electron chi connectivity index (χ4n) is 3.72. The number of hydrogen-bond donors (Lipinski definition) is 0. The molecule has 0 radical (unpaired) electrons. The maximum Gasteiger partial charge on any atom is 0.213 e. The van der Waals surface area contributed by atoms with Crippen molar-refractivity contribution in [1.82, 2.24) is 5.01 Å². The molecule has 0 unspecified atom stereocenters. The molecule has 0 amide bonds. The average molecular weight is 441 g/mol. The van der Waals surface area contributed by atoms with E-state index in [4.69, 9.17) is 9.84 Å². The molecule has 2 atom stereocenters. The molecule has 2 aliphatic rings. The summed E-state index contributed by atoms with van der Waals surface area (Å²) in [5, 5.41) is 6.73. The molecule has 0 fully saturated rings. The number of fused-ring (bicyclic) bond motifs is 3. The molecule has 3 aromatic rings. The van der Waals surface area contributed by atoms with Crippen molar-refractivity contribution in [3.63, 3.8) is 0 Å². The number of rotatable bonds is 2. The molecular formula is C22H15BrF2N2O. The zero-order chi connectivity index (χ0) is 19.3. The Hall–Kier alpha value is -2.73. The van der Waals surface area contributed by atoms with Gasteiger partial charge < -0.3 is 4.74 Å². The van der Waals surface area contributed by atoms with Crippen LogP contribution in [0.25, 0.3) is 0 Å². The number of ether oxygens (including phenoxy) is 1. The van der Waals surface area contributed by atoms with Crippen LogP contribution in [0.5, 0.6) is 5.75 Å². The van der Waals surface area contributed by atoms with Gasteiger partial charge in [-0.2, -0.15) is 5.10 Å². The van der Waals surface area contributed by atoms with Crippen molar-refractivity contribution in [3.05, 3.63) is 99.5 Å². The van der Waals surface area contributed by atoms with E-state index >= 15 is 0 Å². The predicted octanol–water partition coefficient (Wildman–Crippen LogP) is 5.97. The Bertz CT molecular complexity index is 1070. The van der Waals surface area contributed by atoms with Gasteiger partial charge in [0.15, 0.2) is 0 Å². The Morgan fingerprint density at radius 3 is 2.32 bits per heavy atom. The van der Waals surface area contributed by atoms with Crippen molar-refractivity contribution in [3.8, 4) is 5.75 Å². The first kappa shape index (κ1) is 17.4. The van der Waals surface area contributed by atoms with E-state index in [-0.39, 0.29) is 17.7 Å². The van der Waals surface area contributed by atoms with Crippen molar-refractivity contribution in [2.75, 3.05) is 0 Å². The van der Waals surface area contributed by atoms with Crippen LogP contribution in [0.15, 0.2) is 76.3 Å². The van der Waals surface area contributed by atoms with Crippen molar-refractivity contribution in [1.29, 1.82) is 0 Å². The molecule has 5 rings (SSSR count). The van der Waals surface area contributed by atoms with Gasteiger partial charge in [-0.15, -0.1) is 0 Å². The molecule has 6 heteroatoms. The fraction of sp³-hybridized carbons (Fsp3) is 0.136. The van der Waals surface area contributed by atoms with Crippen molar-refractivity contribution >= 4 is 21.6 Å². The van der Waals surface area contributed by atoms with Crippen molar-refractivity contribution < 1.29 is 13.5 Å². The zero-order valence-corrected chi connectivity index (χ0v) is 16.2. The van der Waals surface area contributed by atoms with E-state index in [1.165, 1.54) is 24.3 Å². The summed E-state index contributed by atoms with van der Waals surface area (Å²) in [6.07, 6.45) is 0.216. The minimum atomic E-state index is -0.461. The highest BCUT2D eigenvalue weighted by molar-refractivity contribution is 9.10. The highest BCUT2D eigenvalue weighted by Gasteiger charge is 2.41. The molecule has 140 valence electrons. The van der Waals surface area contributed by atoms with Gasteiger partial charge in [-0.3, -0.25) is 0 Å². The lowest BCUT2D eigenvalue weighted by Gasteiger charge is -2.38. The number of benzene rings is 3. The second-order valence-corrected chi connectivity index (χ2v) is 7.77. The zero-order valence-electron chi connectivity index (χ0n) is 14.6. The van der Waals surface area contributed by atoms with Crippen molar-refractivity contribution in [2.45, 2.75) is 18.7 Å². The Morgan fingerprint density at radius 1 is 0.929 bits per heavy atom. The summed E-state index contributed by atoms with van der Waals surface area (Å²) in [5.41, 5.74) is 3.61. The van der Waals surface area contributed by atoms with Gasteiger partial charge in [0.2, 0.25) is 6.23 Å². The van der Waals surface area contributed by atoms with E-state index in [2.05, 4.69) is 15.9 Å². The third kappa shape index (κ3) is 2.98. The lowest BCUT2D eigenvalue weighted by Crippen LogP contribution is -2.33. The van der Waals surface area contributed by atoms with Crippen LogP contribution in [0.3, 0.4) is 0 Å². The van der Waals surface area contributed by atoms with Crippen LogP contribution in [0.4, 0.5) is 8.78 Å². The van der Waals surface area contributed by atoms with Gasteiger partial charge in [0.25, 0.3) is 0 Å². The summed E-state index contributed by atoms with van der Waals surface area (Å²) in [7, 11) is 0. The van der Waals surface area contributed by atoms with E-state index < -0.39 is 6.23 Å². The molecule has 0 saturated heterocycles. The van der Waals surface area contributed by atoms with Crippen LogP contribution in [0.1, 0.15) is 35.4 Å². The standard InChI is InChI=1S/C22H15BrF2N2O/c23-15-5-10-21-18(11-15)20-12-19(13-1-6-16(24)7-2-13)26-27(20)22(28-21)14-3-8-17(25)9-4-14/h1-11,20,22H,12H2/t20-,22+/m1/s1. The largest absolute Gasteiger partial charge is 0.464 e. The van der Waals surface area contributed by atoms with Gasteiger partial charge >= 0.3 is 0 Å². The Balaban J connectivity index is 1.59. The van der Waals surface area contributed by atoms with Gasteiger partial charge in [-0.1, -0.05) is 40.2 Å². The first-order valence-corrected chi connectivity index (χ1v) is 9.71. The van der Waals surface area contributed by atoms with E-state index in [1.807, 2.05) is 23.2 Å². The Kier molecular flexibility index (Phi) is 4.16. The SMILES string of the molecule is Fc1ccc(C2=NN3[C@H](C2)c2cc(Br)ccc2O[C@H]3c2ccc(F)cc2)cc1. The molecule has 3 aromatic carbocycles. The lowest BCUT2D eigenvalue weighted by molar-refractivity contribution is -0.0191. The minimum Gasteiger partial charge on any atom is -0.464 e. The monoisotopic (exact) mass is 440 g/mol. The van der Waals surface area contributed by atoms with Gasteiger partial charge in [-0.25, -0.2) is 13.8 Å². The first-order chi connectivity index (χ1) is 13.6. The van der Waals surface area contributed by atoms with Crippen LogP contribution in [0.2, 0.25) is 0 Å². The van der Waals surface area contributed by atoms with E-state index in [9.17, 15) is 8.78 Å². The summed E-state index contributed by atoms with van der Waals surface area (Å²) in [5.74, 6) is 0.216. The third-order valence-electron chi connectivity index (χ3n) is 5.08. The van der Waals surface area contributed by atoms with Crippen LogP contribution in [-0.2, 0) is 0 Å². The summed E-state index contributed by atoms with van der Waals surface area (Å²) in [6, 6.07) is 18.5. The van der Waals surface area contributed by atoms with Crippen LogP contribution < -0.4 is 4.74 Å². The van der Waals surface area contributed by atoms with Crippen molar-refractivity contribution in [2.24, 2.45) is 5.10 Å². The lowest BCUT2D eigenvalue weighted by atomic mass is 9.96. The van der Waals surface area contributed by atoms with Crippen LogP contribution >= 0.6 is 15.9 Å². The smallest absolute Gasteiger partial charge is 0.213 e. The average Bonchev–Trinajstić information content (AvgIpc) is 3.14. The molecule has 0 spiro atoms. The molecule has 2 heterocycles. The summed E-state index contributed by atoms with van der Waals surface area (Å²) >= 11 is 3.53. The minimum absolute atomic E-state index is 0.0173. The van der Waals surface area contributed by atoms with Gasteiger partial charge in [-0.05, 0) is 48.0 Å². The van der Waals surface area contributed by atoms with E-state index in [0.717, 1.165) is 32.6 Å². The highest BCUT2D eigenvalue weighted by Crippen LogP contribution is 2.48. The van der Waals surface area contributed by atoms with E-state index in [1.54, 1.807) is 24.3 Å². The fourth-order valence-corrected chi connectivity index (χ4v) is 4.10. The Labute approximate surface area is 169 Å². The summed E-state index contributed by atoms with van der Waals surface area (Å²) in [4.78, 5) is 0. The molecule has 0 bridgehead atoms. The molecule has 0 aliphatic carbocycles. The number of nitrogens with zero attached hydrogens (tertiary/aromatic N) is 2. The molecule has 0 saturated carbocycles. The van der Waals surface area contributed by atoms with E-state index in [0.29, 0.717) is 6.42 Å². The van der Waals surface area contributed by atoms with Crippen LogP contribution in [-0.4, -0.2) is 10.7 Å². The second kappa shape index (κ2) is 6.71. The highest BCUT2D eigenvalue weighted by atomic mass is 79.9. The molecular weight excluding hydrogens is 426 g/mol. The molecule has 0 N–H and O–H groups in total. The van der Waals surface area contributed by atoms with Gasteiger partial charge in [0.05, 0.1) is 11.8 Å². The first-order valence-electron chi connectivity index (χ1n) is 8.92. The van der Waals surface area contributed by atoms with Gasteiger partial charge in [0.1, 0.15) is 17.4 Å². The second-order valence-electron chi connectivity index (χ2n) is 6.86. The molecule has 3 nitrogen and oxygen atoms in total. The maximum atomic E-state index is 13.4. The number of hydrazone groups is 1. The number of hydrogen-bond acceptors (Lipinski definition) is 3. The number of halogens is 3. The summed E-state index contributed by atoms with van der Waals surface area (Å²) < 4.78 is 33.9. The normalized spacial score (nSPS) is 20.2. The quantitative estimate of drug-likeness (QED) is 0.490. The van der Waals surface area contributed by atoms with Gasteiger partial charge in [0, 0.05) is 22.0 Å². The molecule has 28 heavy (non-hydrogen) atoms. The molecule has 2 aliphatic heterocycles. The Morgan fingerprint density at radius 2 is 1.61 bits per heavy atom. The topological polar surface area (TPSA) is 24.8 Å².